The fraction of sp³-hybridized carbons (Fsp3) is 0.951. The van der Waals surface area contributed by atoms with Crippen LogP contribution in [-0.2, 0) is 65.4 Å². The van der Waals surface area contributed by atoms with Crippen molar-refractivity contribution in [3.8, 4) is 0 Å². The van der Waals surface area contributed by atoms with Crippen LogP contribution in [-0.4, -0.2) is 96.7 Å². The van der Waals surface area contributed by atoms with E-state index < -0.39 is 97.5 Å². The van der Waals surface area contributed by atoms with Crippen molar-refractivity contribution in [2.24, 2.45) is 11.8 Å². The largest absolute Gasteiger partial charge is 0.472 e. The van der Waals surface area contributed by atoms with Gasteiger partial charge in [0.25, 0.3) is 0 Å². The van der Waals surface area contributed by atoms with Gasteiger partial charge in [-0.3, -0.25) is 37.3 Å². The van der Waals surface area contributed by atoms with Gasteiger partial charge < -0.3 is 33.8 Å². The van der Waals surface area contributed by atoms with E-state index in [0.717, 1.165) is 108 Å². The predicted octanol–water partition coefficient (Wildman–Crippen LogP) is 24.7. The van der Waals surface area contributed by atoms with Gasteiger partial charge in [0.2, 0.25) is 0 Å². The molecular formula is C82H160O17P2. The highest BCUT2D eigenvalue weighted by atomic mass is 31.2. The van der Waals surface area contributed by atoms with Gasteiger partial charge in [-0.25, -0.2) is 9.13 Å². The molecule has 0 saturated heterocycles. The lowest BCUT2D eigenvalue weighted by molar-refractivity contribution is -0.161. The summed E-state index contributed by atoms with van der Waals surface area (Å²) >= 11 is 0. The van der Waals surface area contributed by atoms with Crippen LogP contribution in [0.2, 0.25) is 0 Å². The lowest BCUT2D eigenvalue weighted by Crippen LogP contribution is -2.30. The number of unbranched alkanes of at least 4 members (excludes halogenated alkanes) is 50. The molecule has 17 nitrogen and oxygen atoms in total. The SMILES string of the molecule is CCCCCCCCCCCCCCCCCCCCCC(=O)O[C@H](COC(=O)CCCCCCCCCCCCCCCCCC(C)C)COP(=O)(O)OC[C@@H](O)COP(=O)(O)OC[C@@H](COC(=O)CCCCCCCCC(C)CC)OC(=O)CCCCCCCCCCCCCCCC. The summed E-state index contributed by atoms with van der Waals surface area (Å²) in [5, 5.41) is 10.6. The Hall–Kier alpha value is -1.94. The molecule has 0 aromatic carbocycles. The van der Waals surface area contributed by atoms with Crippen LogP contribution in [0.1, 0.15) is 433 Å². The van der Waals surface area contributed by atoms with Crippen LogP contribution in [0.4, 0.5) is 0 Å². The first-order valence-electron chi connectivity index (χ1n) is 42.5. The fourth-order valence-electron chi connectivity index (χ4n) is 12.7. The molecule has 0 aromatic rings. The second-order valence-corrected chi connectivity index (χ2v) is 33.1. The third-order valence-electron chi connectivity index (χ3n) is 19.6. The molecule has 3 unspecified atom stereocenters. The topological polar surface area (TPSA) is 237 Å². The minimum Gasteiger partial charge on any atom is -0.462 e. The number of aliphatic hydroxyl groups is 1. The first-order chi connectivity index (χ1) is 48.9. The van der Waals surface area contributed by atoms with E-state index in [9.17, 15) is 43.2 Å². The van der Waals surface area contributed by atoms with Gasteiger partial charge >= 0.3 is 39.5 Å². The summed E-state index contributed by atoms with van der Waals surface area (Å²) in [5.41, 5.74) is 0. The zero-order chi connectivity index (χ0) is 74.2. The molecule has 101 heavy (non-hydrogen) atoms. The number of esters is 4. The van der Waals surface area contributed by atoms with Crippen molar-refractivity contribution in [3.05, 3.63) is 0 Å². The van der Waals surface area contributed by atoms with Gasteiger partial charge in [0, 0.05) is 25.7 Å². The van der Waals surface area contributed by atoms with Gasteiger partial charge in [0.15, 0.2) is 12.2 Å². The van der Waals surface area contributed by atoms with Crippen LogP contribution in [0.5, 0.6) is 0 Å². The molecule has 0 heterocycles. The third kappa shape index (κ3) is 74.7. The maximum absolute atomic E-state index is 13.1. The summed E-state index contributed by atoms with van der Waals surface area (Å²) in [6, 6.07) is 0. The van der Waals surface area contributed by atoms with E-state index in [4.69, 9.17) is 37.0 Å². The van der Waals surface area contributed by atoms with Gasteiger partial charge in [-0.2, -0.15) is 0 Å². The second kappa shape index (κ2) is 73.6. The van der Waals surface area contributed by atoms with Gasteiger partial charge in [-0.15, -0.1) is 0 Å². The number of rotatable bonds is 81. The summed E-state index contributed by atoms with van der Waals surface area (Å²) in [6.07, 6.45) is 63.8. The Morgan fingerprint density at radius 3 is 0.752 bits per heavy atom. The Bertz CT molecular complexity index is 1940. The number of hydrogen-bond acceptors (Lipinski definition) is 15. The summed E-state index contributed by atoms with van der Waals surface area (Å²) in [7, 11) is -9.92. The van der Waals surface area contributed by atoms with E-state index in [0.29, 0.717) is 25.7 Å². The minimum absolute atomic E-state index is 0.107. The molecule has 0 spiro atoms. The van der Waals surface area contributed by atoms with Crippen LogP contribution in [0, 0.1) is 11.8 Å². The van der Waals surface area contributed by atoms with Gasteiger partial charge in [0.1, 0.15) is 19.3 Å². The molecule has 19 heteroatoms. The molecule has 3 N–H and O–H groups in total. The first kappa shape index (κ1) is 99.1. The Balaban J connectivity index is 5.24. The second-order valence-electron chi connectivity index (χ2n) is 30.2. The number of ether oxygens (including phenoxy) is 4. The summed E-state index contributed by atoms with van der Waals surface area (Å²) in [5.74, 6) is -0.570. The van der Waals surface area contributed by atoms with Crippen molar-refractivity contribution >= 4 is 39.5 Å². The molecule has 0 fully saturated rings. The molecule has 0 rings (SSSR count). The molecule has 0 aliphatic rings. The van der Waals surface area contributed by atoms with Crippen molar-refractivity contribution in [2.75, 3.05) is 39.6 Å². The molecule has 0 bridgehead atoms. The number of phosphoric ester groups is 2. The van der Waals surface area contributed by atoms with Crippen LogP contribution >= 0.6 is 15.6 Å². The average Bonchev–Trinajstić information content (AvgIpc) is 1.03. The summed E-state index contributed by atoms with van der Waals surface area (Å²) < 4.78 is 68.8. The van der Waals surface area contributed by atoms with Crippen LogP contribution < -0.4 is 0 Å². The van der Waals surface area contributed by atoms with E-state index in [1.807, 2.05) is 0 Å². The molecule has 0 saturated carbocycles. The zero-order valence-corrected chi connectivity index (χ0v) is 68.0. The lowest BCUT2D eigenvalue weighted by atomic mass is 10.00. The van der Waals surface area contributed by atoms with E-state index in [2.05, 4.69) is 41.5 Å². The molecule has 0 amide bonds. The molecule has 600 valence electrons. The van der Waals surface area contributed by atoms with Crippen LogP contribution in [0.15, 0.2) is 0 Å². The van der Waals surface area contributed by atoms with E-state index in [1.165, 1.54) is 244 Å². The normalized spacial score (nSPS) is 14.2. The monoisotopic (exact) mass is 1480 g/mol. The standard InChI is InChI=1S/C82H160O17P2/c1-7-10-12-14-16-18-20-22-24-25-26-27-30-35-39-43-47-55-61-67-81(86)98-77(70-92-79(84)64-58-52-45-41-37-34-31-28-29-32-36-40-44-50-56-62-74(4)5)72-96-100(88,89)94-68-76(83)69-95-101(90,91)97-73-78(71-93-80(85)65-59-53-49-48-51-57-63-75(6)9-3)99-82(87)66-60-54-46-42-38-33-23-21-19-17-15-13-11-8-2/h74-78,83H,7-73H2,1-6H3,(H,88,89)(H,90,91)/t75?,76-,77-,78-/m1/s1. The predicted molar refractivity (Wildman–Crippen MR) is 414 cm³/mol. The quantitative estimate of drug-likeness (QED) is 0.0222. The Morgan fingerprint density at radius 1 is 0.287 bits per heavy atom. The fourth-order valence-corrected chi connectivity index (χ4v) is 14.3. The molecular weight excluding hydrogens is 1320 g/mol. The van der Waals surface area contributed by atoms with Crippen molar-refractivity contribution in [3.63, 3.8) is 0 Å². The molecule has 0 aliphatic heterocycles. The highest BCUT2D eigenvalue weighted by molar-refractivity contribution is 7.47. The van der Waals surface area contributed by atoms with Crippen LogP contribution in [0.25, 0.3) is 0 Å². The minimum atomic E-state index is -4.96. The van der Waals surface area contributed by atoms with Gasteiger partial charge in [-0.05, 0) is 37.5 Å². The summed E-state index contributed by atoms with van der Waals surface area (Å²) in [6.45, 7) is 9.63. The molecule has 0 aliphatic carbocycles. The van der Waals surface area contributed by atoms with Crippen molar-refractivity contribution in [1.82, 2.24) is 0 Å². The number of phosphoric acid groups is 2. The Labute approximate surface area is 619 Å². The maximum atomic E-state index is 13.1. The van der Waals surface area contributed by atoms with Crippen LogP contribution in [0.3, 0.4) is 0 Å². The third-order valence-corrected chi connectivity index (χ3v) is 21.5. The van der Waals surface area contributed by atoms with Crippen molar-refractivity contribution in [2.45, 2.75) is 452 Å². The number of carbonyl (C=O) groups is 4. The van der Waals surface area contributed by atoms with Crippen molar-refractivity contribution in [1.29, 1.82) is 0 Å². The van der Waals surface area contributed by atoms with Gasteiger partial charge in [0.05, 0.1) is 26.4 Å². The van der Waals surface area contributed by atoms with Crippen molar-refractivity contribution < 1.29 is 80.2 Å². The number of hydrogen-bond donors (Lipinski definition) is 3. The molecule has 0 radical (unpaired) electrons. The first-order valence-corrected chi connectivity index (χ1v) is 45.5. The van der Waals surface area contributed by atoms with E-state index >= 15 is 0 Å². The Morgan fingerprint density at radius 2 is 0.505 bits per heavy atom. The van der Waals surface area contributed by atoms with E-state index in [1.54, 1.807) is 0 Å². The smallest absolute Gasteiger partial charge is 0.462 e. The number of carbonyl (C=O) groups excluding carboxylic acids is 4. The maximum Gasteiger partial charge on any atom is 0.472 e. The lowest BCUT2D eigenvalue weighted by Gasteiger charge is -2.21. The van der Waals surface area contributed by atoms with Gasteiger partial charge in [-0.1, -0.05) is 382 Å². The average molecular weight is 1480 g/mol. The number of aliphatic hydroxyl groups excluding tert-OH is 1. The Kier molecular flexibility index (Phi) is 72.2. The van der Waals surface area contributed by atoms with E-state index in [-0.39, 0.29) is 25.7 Å². The zero-order valence-electron chi connectivity index (χ0n) is 66.2. The summed E-state index contributed by atoms with van der Waals surface area (Å²) in [4.78, 5) is 73.1. The highest BCUT2D eigenvalue weighted by Gasteiger charge is 2.30. The highest BCUT2D eigenvalue weighted by Crippen LogP contribution is 2.45. The molecule has 0 aromatic heterocycles. The molecule has 6 atom stereocenters.